The molecular formula is C18H21NO3S. The van der Waals surface area contributed by atoms with Gasteiger partial charge in [-0.3, -0.25) is 9.59 Å². The van der Waals surface area contributed by atoms with E-state index in [0.717, 1.165) is 10.6 Å². The summed E-state index contributed by atoms with van der Waals surface area (Å²) >= 11 is 1.61. The molecule has 0 fully saturated rings. The second-order valence-corrected chi connectivity index (χ2v) is 6.16. The zero-order valence-electron chi connectivity index (χ0n) is 13.4. The minimum absolute atomic E-state index is 0.0249. The zero-order chi connectivity index (χ0) is 16.7. The first-order chi connectivity index (χ1) is 11.1. The Balaban J connectivity index is 1.80. The summed E-state index contributed by atoms with van der Waals surface area (Å²) in [6.45, 7) is 4.45. The van der Waals surface area contributed by atoms with Crippen molar-refractivity contribution < 1.29 is 14.3 Å². The Labute approximate surface area is 140 Å². The Morgan fingerprint density at radius 1 is 1.17 bits per heavy atom. The van der Waals surface area contributed by atoms with Crippen molar-refractivity contribution in [3.05, 3.63) is 52.2 Å². The number of carbonyl (C=O) groups excluding carboxylic acids is 2. The Morgan fingerprint density at radius 3 is 2.52 bits per heavy atom. The monoisotopic (exact) mass is 331 g/mol. The topological polar surface area (TPSA) is 55.4 Å². The van der Waals surface area contributed by atoms with Gasteiger partial charge in [0.05, 0.1) is 12.6 Å². The molecule has 0 aliphatic heterocycles. The molecule has 0 spiro atoms. The van der Waals surface area contributed by atoms with Crippen LogP contribution in [0.3, 0.4) is 0 Å². The van der Waals surface area contributed by atoms with Gasteiger partial charge in [-0.2, -0.15) is 0 Å². The van der Waals surface area contributed by atoms with Crippen molar-refractivity contribution >= 4 is 23.0 Å². The average Bonchev–Trinajstić information content (AvgIpc) is 3.08. The molecule has 1 aromatic heterocycles. The van der Waals surface area contributed by atoms with Gasteiger partial charge in [-0.15, -0.1) is 11.3 Å². The summed E-state index contributed by atoms with van der Waals surface area (Å²) in [5, 5.41) is 4.89. The molecule has 23 heavy (non-hydrogen) atoms. The molecule has 1 atom stereocenters. The molecule has 0 bridgehead atoms. The van der Waals surface area contributed by atoms with E-state index >= 15 is 0 Å². The number of amides is 1. The molecule has 4 nitrogen and oxygen atoms in total. The molecule has 2 aromatic rings. The molecule has 2 rings (SSSR count). The number of ether oxygens (including phenoxy) is 1. The Kier molecular flexibility index (Phi) is 6.35. The maximum Gasteiger partial charge on any atom is 0.220 e. The summed E-state index contributed by atoms with van der Waals surface area (Å²) in [6, 6.07) is 10.9. The van der Waals surface area contributed by atoms with E-state index in [1.807, 2.05) is 31.4 Å². The predicted octanol–water partition coefficient (Wildman–Crippen LogP) is 3.99. The van der Waals surface area contributed by atoms with E-state index in [-0.39, 0.29) is 30.6 Å². The summed E-state index contributed by atoms with van der Waals surface area (Å²) in [4.78, 5) is 25.2. The minimum Gasteiger partial charge on any atom is -0.494 e. The van der Waals surface area contributed by atoms with Crippen LogP contribution in [0, 0.1) is 0 Å². The van der Waals surface area contributed by atoms with Gasteiger partial charge in [0.25, 0.3) is 0 Å². The van der Waals surface area contributed by atoms with Crippen LogP contribution in [0.1, 0.15) is 48.0 Å². The van der Waals surface area contributed by atoms with Crippen LogP contribution in [0.4, 0.5) is 0 Å². The van der Waals surface area contributed by atoms with Gasteiger partial charge >= 0.3 is 0 Å². The van der Waals surface area contributed by atoms with Gasteiger partial charge in [-0.1, -0.05) is 6.07 Å². The molecule has 0 saturated carbocycles. The summed E-state index contributed by atoms with van der Waals surface area (Å²) < 4.78 is 5.34. The molecular weight excluding hydrogens is 310 g/mol. The van der Waals surface area contributed by atoms with Crippen molar-refractivity contribution in [2.24, 2.45) is 0 Å². The number of nitrogens with one attached hydrogen (secondary N) is 1. The highest BCUT2D eigenvalue weighted by molar-refractivity contribution is 7.10. The molecule has 1 N–H and O–H groups in total. The maximum atomic E-state index is 12.1. The van der Waals surface area contributed by atoms with Crippen molar-refractivity contribution in [2.45, 2.75) is 32.7 Å². The first kappa shape index (κ1) is 17.2. The second kappa shape index (κ2) is 8.48. The molecule has 1 aromatic carbocycles. The number of rotatable bonds is 8. The van der Waals surface area contributed by atoms with Crippen LogP contribution in [-0.4, -0.2) is 18.3 Å². The molecule has 0 saturated heterocycles. The normalized spacial score (nSPS) is 11.7. The second-order valence-electron chi connectivity index (χ2n) is 5.19. The van der Waals surface area contributed by atoms with Crippen LogP contribution in [-0.2, 0) is 4.79 Å². The predicted molar refractivity (Wildman–Crippen MR) is 92.1 cm³/mol. The van der Waals surface area contributed by atoms with Gasteiger partial charge < -0.3 is 10.1 Å². The van der Waals surface area contributed by atoms with Gasteiger partial charge in [0.1, 0.15) is 5.75 Å². The van der Waals surface area contributed by atoms with Gasteiger partial charge in [-0.05, 0) is 49.6 Å². The van der Waals surface area contributed by atoms with Gasteiger partial charge in [0.15, 0.2) is 5.78 Å². The highest BCUT2D eigenvalue weighted by atomic mass is 32.1. The van der Waals surface area contributed by atoms with Gasteiger partial charge in [-0.25, -0.2) is 0 Å². The lowest BCUT2D eigenvalue weighted by Gasteiger charge is -2.12. The highest BCUT2D eigenvalue weighted by Crippen LogP contribution is 2.18. The fraction of sp³-hybridized carbons (Fsp3) is 0.333. The Morgan fingerprint density at radius 2 is 1.91 bits per heavy atom. The first-order valence-electron chi connectivity index (χ1n) is 7.69. The molecule has 1 amide bonds. The third kappa shape index (κ3) is 5.21. The molecule has 0 aliphatic carbocycles. The average molecular weight is 331 g/mol. The summed E-state index contributed by atoms with van der Waals surface area (Å²) in [7, 11) is 0. The quantitative estimate of drug-likeness (QED) is 0.744. The fourth-order valence-corrected chi connectivity index (χ4v) is 2.93. The Hall–Kier alpha value is -2.14. The number of benzene rings is 1. The minimum atomic E-state index is -0.106. The summed E-state index contributed by atoms with van der Waals surface area (Å²) in [6.07, 6.45) is 0.402. The van der Waals surface area contributed by atoms with Crippen LogP contribution in [0.25, 0.3) is 0 Å². The standard InChI is InChI=1S/C18H21NO3S/c1-3-22-15-8-6-14(7-9-15)16(20)10-11-18(21)19-13(2)17-5-4-12-23-17/h4-9,12-13H,3,10-11H2,1-2H3,(H,19,21)/t13-/m1/s1. The number of Topliss-reactive ketones (excluding diaryl/α,β-unsaturated/α-hetero) is 1. The number of ketones is 1. The van der Waals surface area contributed by atoms with Crippen molar-refractivity contribution in [1.29, 1.82) is 0 Å². The largest absolute Gasteiger partial charge is 0.494 e. The van der Waals surface area contributed by atoms with Crippen LogP contribution in [0.5, 0.6) is 5.75 Å². The van der Waals surface area contributed by atoms with Crippen LogP contribution < -0.4 is 10.1 Å². The van der Waals surface area contributed by atoms with E-state index < -0.39 is 0 Å². The fourth-order valence-electron chi connectivity index (χ4n) is 2.20. The Bertz CT molecular complexity index is 635. The molecule has 122 valence electrons. The van der Waals surface area contributed by atoms with Crippen molar-refractivity contribution in [3.63, 3.8) is 0 Å². The van der Waals surface area contributed by atoms with E-state index in [0.29, 0.717) is 12.2 Å². The van der Waals surface area contributed by atoms with E-state index in [1.54, 1.807) is 35.6 Å². The van der Waals surface area contributed by atoms with E-state index in [9.17, 15) is 9.59 Å². The van der Waals surface area contributed by atoms with Gasteiger partial charge in [0.2, 0.25) is 5.91 Å². The lowest BCUT2D eigenvalue weighted by Crippen LogP contribution is -2.26. The lowest BCUT2D eigenvalue weighted by atomic mass is 10.1. The third-order valence-corrected chi connectivity index (χ3v) is 4.47. The molecule has 0 radical (unpaired) electrons. The van der Waals surface area contributed by atoms with Gasteiger partial charge in [0, 0.05) is 23.3 Å². The summed E-state index contributed by atoms with van der Waals surface area (Å²) in [5.74, 6) is 0.601. The lowest BCUT2D eigenvalue weighted by molar-refractivity contribution is -0.121. The van der Waals surface area contributed by atoms with E-state index in [4.69, 9.17) is 4.74 Å². The van der Waals surface area contributed by atoms with Crippen LogP contribution in [0.2, 0.25) is 0 Å². The number of carbonyl (C=O) groups is 2. The zero-order valence-corrected chi connectivity index (χ0v) is 14.2. The summed E-state index contributed by atoms with van der Waals surface area (Å²) in [5.41, 5.74) is 0.604. The van der Waals surface area contributed by atoms with Crippen molar-refractivity contribution in [2.75, 3.05) is 6.61 Å². The van der Waals surface area contributed by atoms with E-state index in [2.05, 4.69) is 5.32 Å². The number of hydrogen-bond donors (Lipinski definition) is 1. The maximum absolute atomic E-state index is 12.1. The van der Waals surface area contributed by atoms with E-state index in [1.165, 1.54) is 0 Å². The van der Waals surface area contributed by atoms with Crippen LogP contribution in [0.15, 0.2) is 41.8 Å². The molecule has 5 heteroatoms. The van der Waals surface area contributed by atoms with Crippen LogP contribution >= 0.6 is 11.3 Å². The number of hydrogen-bond acceptors (Lipinski definition) is 4. The third-order valence-electron chi connectivity index (χ3n) is 3.41. The molecule has 0 aliphatic rings. The number of thiophene rings is 1. The smallest absolute Gasteiger partial charge is 0.220 e. The van der Waals surface area contributed by atoms with Crippen molar-refractivity contribution in [3.8, 4) is 5.75 Å². The SMILES string of the molecule is CCOc1ccc(C(=O)CCC(=O)N[C@H](C)c2cccs2)cc1. The highest BCUT2D eigenvalue weighted by Gasteiger charge is 2.13. The molecule has 1 heterocycles. The first-order valence-corrected chi connectivity index (χ1v) is 8.57. The molecule has 0 unspecified atom stereocenters. The van der Waals surface area contributed by atoms with Crippen molar-refractivity contribution in [1.82, 2.24) is 5.32 Å².